The summed E-state index contributed by atoms with van der Waals surface area (Å²) in [6, 6.07) is 7.40. The highest BCUT2D eigenvalue weighted by Gasteiger charge is 2.10. The van der Waals surface area contributed by atoms with Crippen LogP contribution < -0.4 is 10.1 Å². The van der Waals surface area contributed by atoms with Gasteiger partial charge in [0.1, 0.15) is 11.9 Å². The lowest BCUT2D eigenvalue weighted by Crippen LogP contribution is -2.42. The van der Waals surface area contributed by atoms with Gasteiger partial charge in [-0.2, -0.15) is 5.10 Å². The first-order chi connectivity index (χ1) is 11.5. The lowest BCUT2D eigenvalue weighted by Gasteiger charge is -2.23. The van der Waals surface area contributed by atoms with Crippen molar-refractivity contribution >= 4 is 41.5 Å². The Balaban J connectivity index is 0.00000312. The normalized spacial score (nSPS) is 12.3. The van der Waals surface area contributed by atoms with E-state index in [2.05, 4.69) is 15.4 Å². The van der Waals surface area contributed by atoms with E-state index in [4.69, 9.17) is 16.3 Å². The zero-order chi connectivity index (χ0) is 17.5. The van der Waals surface area contributed by atoms with Crippen LogP contribution in [0.4, 0.5) is 0 Å². The molecule has 1 unspecified atom stereocenters. The van der Waals surface area contributed by atoms with E-state index in [9.17, 15) is 0 Å². The van der Waals surface area contributed by atoms with E-state index >= 15 is 0 Å². The van der Waals surface area contributed by atoms with Gasteiger partial charge < -0.3 is 15.0 Å². The van der Waals surface area contributed by atoms with E-state index in [1.807, 2.05) is 56.5 Å². The van der Waals surface area contributed by atoms with Crippen LogP contribution in [0.5, 0.6) is 5.75 Å². The molecule has 2 aromatic rings. The molecule has 138 valence electrons. The van der Waals surface area contributed by atoms with Gasteiger partial charge in [0.15, 0.2) is 5.96 Å². The van der Waals surface area contributed by atoms with Crippen molar-refractivity contribution in [3.63, 3.8) is 0 Å². The number of nitrogens with zero attached hydrogens (tertiary/aromatic N) is 4. The quantitative estimate of drug-likeness (QED) is 0.394. The highest BCUT2D eigenvalue weighted by molar-refractivity contribution is 14.0. The number of ether oxygens (including phenoxy) is 1. The van der Waals surface area contributed by atoms with Crippen molar-refractivity contribution in [2.75, 3.05) is 20.6 Å². The number of hydrogen-bond acceptors (Lipinski definition) is 3. The number of nitrogens with one attached hydrogen (secondary N) is 1. The van der Waals surface area contributed by atoms with Gasteiger partial charge in [-0.25, -0.2) is 0 Å². The predicted molar refractivity (Wildman–Crippen MR) is 113 cm³/mol. The largest absolute Gasteiger partial charge is 0.489 e. The fourth-order valence-electron chi connectivity index (χ4n) is 2.34. The van der Waals surface area contributed by atoms with Crippen LogP contribution in [0.3, 0.4) is 0 Å². The molecule has 1 atom stereocenters. The molecule has 2 rings (SSSR count). The fraction of sp³-hybridized carbons (Fsp3) is 0.412. The lowest BCUT2D eigenvalue weighted by molar-refractivity contribution is 0.222. The van der Waals surface area contributed by atoms with Crippen molar-refractivity contribution in [3.8, 4) is 5.75 Å². The minimum absolute atomic E-state index is 0. The number of guanidine groups is 1. The van der Waals surface area contributed by atoms with Gasteiger partial charge in [-0.15, -0.1) is 24.0 Å². The minimum atomic E-state index is -0.0213. The predicted octanol–water partition coefficient (Wildman–Crippen LogP) is 3.17. The summed E-state index contributed by atoms with van der Waals surface area (Å²) in [5.74, 6) is 1.57. The molecule has 0 bridgehead atoms. The molecule has 1 N–H and O–H groups in total. The summed E-state index contributed by atoms with van der Waals surface area (Å²) in [5.41, 5.74) is 1.13. The lowest BCUT2D eigenvalue weighted by atomic mass is 10.3. The van der Waals surface area contributed by atoms with Crippen LogP contribution >= 0.6 is 35.6 Å². The van der Waals surface area contributed by atoms with Gasteiger partial charge in [-0.1, -0.05) is 17.7 Å². The molecule has 0 spiro atoms. The van der Waals surface area contributed by atoms with Gasteiger partial charge in [0.25, 0.3) is 0 Å². The van der Waals surface area contributed by atoms with E-state index < -0.39 is 0 Å². The second-order valence-corrected chi connectivity index (χ2v) is 6.13. The maximum atomic E-state index is 5.97. The number of aromatic nitrogens is 2. The zero-order valence-corrected chi connectivity index (χ0v) is 18.0. The summed E-state index contributed by atoms with van der Waals surface area (Å²) >= 11 is 5.97. The molecule has 0 saturated heterocycles. The highest BCUT2D eigenvalue weighted by Crippen LogP contribution is 2.18. The number of halogens is 2. The van der Waals surface area contributed by atoms with E-state index in [0.717, 1.165) is 23.8 Å². The standard InChI is InChI=1S/C17H24ClN5O.HI/c1-13(24-16-7-5-6-15(18)8-16)9-20-17(19-2)22(3)11-14-10-21-23(4)12-14;/h5-8,10,12-13H,9,11H2,1-4H3,(H,19,20);1H. The average Bonchev–Trinajstić information content (AvgIpc) is 2.93. The van der Waals surface area contributed by atoms with E-state index in [0.29, 0.717) is 11.6 Å². The number of aryl methyl sites for hydroxylation is 1. The first-order valence-corrected chi connectivity index (χ1v) is 8.17. The van der Waals surface area contributed by atoms with Crippen molar-refractivity contribution in [1.29, 1.82) is 0 Å². The van der Waals surface area contributed by atoms with Crippen LogP contribution in [0.1, 0.15) is 12.5 Å². The Bertz CT molecular complexity index is 691. The van der Waals surface area contributed by atoms with Crippen LogP contribution in [0, 0.1) is 0 Å². The second kappa shape index (κ2) is 10.5. The molecule has 0 amide bonds. The Morgan fingerprint density at radius 2 is 2.24 bits per heavy atom. The SMILES string of the molecule is CN=C(NCC(C)Oc1cccc(Cl)c1)N(C)Cc1cnn(C)c1.I. The fourth-order valence-corrected chi connectivity index (χ4v) is 2.52. The van der Waals surface area contributed by atoms with Crippen LogP contribution in [0.25, 0.3) is 0 Å². The van der Waals surface area contributed by atoms with Gasteiger partial charge >= 0.3 is 0 Å². The molecule has 0 aliphatic heterocycles. The summed E-state index contributed by atoms with van der Waals surface area (Å²) < 4.78 is 7.65. The van der Waals surface area contributed by atoms with Gasteiger partial charge in [-0.3, -0.25) is 9.67 Å². The average molecular weight is 478 g/mol. The molecule has 25 heavy (non-hydrogen) atoms. The highest BCUT2D eigenvalue weighted by atomic mass is 127. The maximum Gasteiger partial charge on any atom is 0.193 e. The zero-order valence-electron chi connectivity index (χ0n) is 14.9. The molecule has 0 fully saturated rings. The molecule has 0 radical (unpaired) electrons. The molecule has 0 saturated carbocycles. The number of benzene rings is 1. The van der Waals surface area contributed by atoms with Crippen LogP contribution in [0.2, 0.25) is 5.02 Å². The monoisotopic (exact) mass is 477 g/mol. The Labute approximate surface area is 171 Å². The summed E-state index contributed by atoms with van der Waals surface area (Å²) in [6.45, 7) is 3.37. The maximum absolute atomic E-state index is 5.97. The second-order valence-electron chi connectivity index (χ2n) is 5.69. The summed E-state index contributed by atoms with van der Waals surface area (Å²) in [5, 5.41) is 8.17. The number of rotatable bonds is 6. The van der Waals surface area contributed by atoms with Crippen molar-refractivity contribution in [2.24, 2.45) is 12.0 Å². The van der Waals surface area contributed by atoms with Gasteiger partial charge in [-0.05, 0) is 25.1 Å². The molecule has 1 heterocycles. The molecule has 6 nitrogen and oxygen atoms in total. The van der Waals surface area contributed by atoms with Gasteiger partial charge in [0, 0.05) is 44.5 Å². The number of aliphatic imine (C=N–C) groups is 1. The minimum Gasteiger partial charge on any atom is -0.489 e. The third-order valence-corrected chi connectivity index (χ3v) is 3.67. The molecular weight excluding hydrogens is 453 g/mol. The van der Waals surface area contributed by atoms with Crippen molar-refractivity contribution in [3.05, 3.63) is 47.2 Å². The molecular formula is C17H25ClIN5O. The summed E-state index contributed by atoms with van der Waals surface area (Å²) in [6.07, 6.45) is 3.83. The van der Waals surface area contributed by atoms with E-state index in [1.165, 1.54) is 0 Å². The van der Waals surface area contributed by atoms with Crippen LogP contribution in [-0.4, -0.2) is 47.4 Å². The summed E-state index contributed by atoms with van der Waals surface area (Å²) in [7, 11) is 5.67. The molecule has 0 aliphatic carbocycles. The Morgan fingerprint density at radius 3 is 2.84 bits per heavy atom. The van der Waals surface area contributed by atoms with Gasteiger partial charge in [0.05, 0.1) is 12.7 Å². The van der Waals surface area contributed by atoms with E-state index in [1.54, 1.807) is 17.8 Å². The van der Waals surface area contributed by atoms with Crippen molar-refractivity contribution in [1.82, 2.24) is 20.0 Å². The van der Waals surface area contributed by atoms with E-state index in [-0.39, 0.29) is 30.1 Å². The smallest absolute Gasteiger partial charge is 0.193 e. The van der Waals surface area contributed by atoms with Crippen molar-refractivity contribution < 1.29 is 4.74 Å². The first-order valence-electron chi connectivity index (χ1n) is 7.79. The topological polar surface area (TPSA) is 54.7 Å². The van der Waals surface area contributed by atoms with Gasteiger partial charge in [0.2, 0.25) is 0 Å². The third-order valence-electron chi connectivity index (χ3n) is 3.43. The molecule has 8 heteroatoms. The van der Waals surface area contributed by atoms with Crippen LogP contribution in [0.15, 0.2) is 41.7 Å². The number of hydrogen-bond donors (Lipinski definition) is 1. The van der Waals surface area contributed by atoms with Crippen molar-refractivity contribution in [2.45, 2.75) is 19.6 Å². The van der Waals surface area contributed by atoms with Crippen LogP contribution in [-0.2, 0) is 13.6 Å². The summed E-state index contributed by atoms with van der Waals surface area (Å²) in [4.78, 5) is 6.36. The Hall–Kier alpha value is -1.48. The Morgan fingerprint density at radius 1 is 1.48 bits per heavy atom. The first kappa shape index (κ1) is 21.6. The molecule has 1 aromatic carbocycles. The molecule has 0 aliphatic rings. The third kappa shape index (κ3) is 7.11. The Kier molecular flexibility index (Phi) is 9.05. The molecule has 1 aromatic heterocycles.